The Labute approximate surface area is 115 Å². The van der Waals surface area contributed by atoms with Gasteiger partial charge >= 0.3 is 0 Å². The number of carbonyl (C=O) groups excluding carboxylic acids is 1. The molecule has 0 atom stereocenters. The third kappa shape index (κ3) is 3.66. The van der Waals surface area contributed by atoms with Gasteiger partial charge in [-0.2, -0.15) is 0 Å². The average molecular weight is 282 g/mol. The van der Waals surface area contributed by atoms with Crippen molar-refractivity contribution in [2.75, 3.05) is 13.1 Å². The highest BCUT2D eigenvalue weighted by molar-refractivity contribution is 6.32. The topological polar surface area (TPSA) is 76.3 Å². The van der Waals surface area contributed by atoms with Crippen LogP contribution < -0.4 is 0 Å². The second kappa shape index (κ2) is 6.71. The molecule has 1 rings (SSSR count). The molecule has 0 aromatic carbocycles. The van der Waals surface area contributed by atoms with Crippen molar-refractivity contribution in [3.63, 3.8) is 0 Å². The number of hydrogen-bond donors (Lipinski definition) is 0. The van der Waals surface area contributed by atoms with Crippen LogP contribution in [0.5, 0.6) is 0 Å². The van der Waals surface area contributed by atoms with Gasteiger partial charge in [-0.25, -0.2) is 4.98 Å². The maximum atomic E-state index is 12.2. The van der Waals surface area contributed by atoms with Gasteiger partial charge in [0.05, 0.1) is 17.0 Å². The van der Waals surface area contributed by atoms with Gasteiger partial charge in [-0.3, -0.25) is 14.9 Å². The molecule has 0 spiro atoms. The predicted octanol–water partition coefficient (Wildman–Crippen LogP) is 2.13. The van der Waals surface area contributed by atoms with Crippen LogP contribution in [0.1, 0.15) is 23.7 Å². The van der Waals surface area contributed by atoms with E-state index in [1.54, 1.807) is 0 Å². The molecule has 1 aromatic heterocycles. The zero-order chi connectivity index (χ0) is 14.4. The zero-order valence-electron chi connectivity index (χ0n) is 10.3. The van der Waals surface area contributed by atoms with Gasteiger partial charge in [-0.15, -0.1) is 6.42 Å². The first-order valence-corrected chi connectivity index (χ1v) is 5.91. The van der Waals surface area contributed by atoms with E-state index in [1.807, 2.05) is 6.92 Å². The molecule has 0 aliphatic heterocycles. The van der Waals surface area contributed by atoms with Crippen LogP contribution in [-0.4, -0.2) is 33.8 Å². The highest BCUT2D eigenvalue weighted by Gasteiger charge is 2.21. The molecule has 100 valence electrons. The molecule has 1 aromatic rings. The van der Waals surface area contributed by atoms with Crippen molar-refractivity contribution in [3.8, 4) is 12.3 Å². The van der Waals surface area contributed by atoms with Crippen LogP contribution >= 0.6 is 11.6 Å². The summed E-state index contributed by atoms with van der Waals surface area (Å²) in [4.78, 5) is 27.3. The summed E-state index contributed by atoms with van der Waals surface area (Å²) >= 11 is 5.81. The summed E-state index contributed by atoms with van der Waals surface area (Å²) in [5.41, 5.74) is -0.301. The van der Waals surface area contributed by atoms with Crippen molar-refractivity contribution in [3.05, 3.63) is 33.1 Å². The van der Waals surface area contributed by atoms with E-state index in [1.165, 1.54) is 4.90 Å². The number of terminal acetylenes is 1. The first kappa shape index (κ1) is 14.9. The largest absolute Gasteiger partial charge is 0.327 e. The van der Waals surface area contributed by atoms with E-state index in [2.05, 4.69) is 10.9 Å². The Kier molecular flexibility index (Phi) is 5.27. The second-order valence-corrected chi connectivity index (χ2v) is 4.08. The molecule has 0 saturated carbocycles. The summed E-state index contributed by atoms with van der Waals surface area (Å²) < 4.78 is 0. The fourth-order valence-electron chi connectivity index (χ4n) is 1.49. The van der Waals surface area contributed by atoms with Crippen molar-refractivity contribution in [1.82, 2.24) is 9.88 Å². The smallest absolute Gasteiger partial charge is 0.288 e. The van der Waals surface area contributed by atoms with Gasteiger partial charge in [0.15, 0.2) is 0 Å². The lowest BCUT2D eigenvalue weighted by Gasteiger charge is -2.19. The molecule has 7 heteroatoms. The van der Waals surface area contributed by atoms with Crippen molar-refractivity contribution in [2.45, 2.75) is 13.3 Å². The first-order valence-electron chi connectivity index (χ1n) is 5.54. The number of amides is 1. The van der Waals surface area contributed by atoms with E-state index >= 15 is 0 Å². The number of pyridine rings is 1. The standard InChI is InChI=1S/C12H12ClN3O3/c1-3-5-15(6-4-2)12(17)10-7-9(16(18)19)8-14-11(10)13/h1,7-8H,4-6H2,2H3. The third-order valence-electron chi connectivity index (χ3n) is 2.33. The summed E-state index contributed by atoms with van der Waals surface area (Å²) in [5.74, 6) is 1.91. The molecule has 1 heterocycles. The summed E-state index contributed by atoms with van der Waals surface area (Å²) in [7, 11) is 0. The van der Waals surface area contributed by atoms with Gasteiger partial charge in [-0.05, 0) is 6.42 Å². The number of rotatable bonds is 5. The van der Waals surface area contributed by atoms with E-state index < -0.39 is 10.8 Å². The third-order valence-corrected chi connectivity index (χ3v) is 2.63. The SMILES string of the molecule is C#CCN(CCC)C(=O)c1cc([N+](=O)[O-])cnc1Cl. The minimum absolute atomic E-state index is 0.0143. The first-order chi connectivity index (χ1) is 9.01. The van der Waals surface area contributed by atoms with E-state index in [0.717, 1.165) is 12.3 Å². The molecule has 0 radical (unpaired) electrons. The molecule has 0 N–H and O–H groups in total. The highest BCUT2D eigenvalue weighted by atomic mass is 35.5. The lowest BCUT2D eigenvalue weighted by atomic mass is 10.2. The van der Waals surface area contributed by atoms with Crippen molar-refractivity contribution in [1.29, 1.82) is 0 Å². The van der Waals surface area contributed by atoms with Gasteiger partial charge in [0, 0.05) is 12.6 Å². The number of aromatic nitrogens is 1. The van der Waals surface area contributed by atoms with Crippen LogP contribution in [0.4, 0.5) is 5.69 Å². The lowest BCUT2D eigenvalue weighted by molar-refractivity contribution is -0.385. The highest BCUT2D eigenvalue weighted by Crippen LogP contribution is 2.20. The molecule has 0 aliphatic rings. The number of carbonyl (C=O) groups is 1. The van der Waals surface area contributed by atoms with Crippen LogP contribution in [-0.2, 0) is 0 Å². The van der Waals surface area contributed by atoms with Gasteiger partial charge in [0.25, 0.3) is 11.6 Å². The summed E-state index contributed by atoms with van der Waals surface area (Å²) in [6.07, 6.45) is 6.91. The normalized spacial score (nSPS) is 9.74. The van der Waals surface area contributed by atoms with Gasteiger partial charge in [-0.1, -0.05) is 24.4 Å². The van der Waals surface area contributed by atoms with E-state index in [-0.39, 0.29) is 22.9 Å². The van der Waals surface area contributed by atoms with Crippen LogP contribution in [0, 0.1) is 22.5 Å². The van der Waals surface area contributed by atoms with Crippen LogP contribution in [0.3, 0.4) is 0 Å². The summed E-state index contributed by atoms with van der Waals surface area (Å²) in [6.45, 7) is 2.46. The monoisotopic (exact) mass is 281 g/mol. The molecule has 0 fully saturated rings. The molecule has 0 bridgehead atoms. The minimum Gasteiger partial charge on any atom is -0.327 e. The molecular formula is C12H12ClN3O3. The Hall–Kier alpha value is -2.13. The zero-order valence-corrected chi connectivity index (χ0v) is 11.1. The second-order valence-electron chi connectivity index (χ2n) is 3.72. The van der Waals surface area contributed by atoms with E-state index in [0.29, 0.717) is 13.0 Å². The van der Waals surface area contributed by atoms with E-state index in [9.17, 15) is 14.9 Å². The van der Waals surface area contributed by atoms with Crippen LogP contribution in [0.2, 0.25) is 5.15 Å². The molecule has 1 amide bonds. The molecule has 19 heavy (non-hydrogen) atoms. The van der Waals surface area contributed by atoms with Crippen molar-refractivity contribution < 1.29 is 9.72 Å². The number of nitro groups is 1. The van der Waals surface area contributed by atoms with Crippen LogP contribution in [0.25, 0.3) is 0 Å². The van der Waals surface area contributed by atoms with Gasteiger partial charge in [0.1, 0.15) is 11.3 Å². The maximum absolute atomic E-state index is 12.2. The molecule has 6 nitrogen and oxygen atoms in total. The quantitative estimate of drug-likeness (QED) is 0.358. The van der Waals surface area contributed by atoms with E-state index in [4.69, 9.17) is 18.0 Å². The Balaban J connectivity index is 3.13. The van der Waals surface area contributed by atoms with Crippen molar-refractivity contribution >= 4 is 23.2 Å². The molecular weight excluding hydrogens is 270 g/mol. The lowest BCUT2D eigenvalue weighted by Crippen LogP contribution is -2.32. The Morgan fingerprint density at radius 1 is 1.68 bits per heavy atom. The molecule has 0 unspecified atom stereocenters. The Bertz CT molecular complexity index is 540. The van der Waals surface area contributed by atoms with Crippen LogP contribution in [0.15, 0.2) is 12.3 Å². The number of halogens is 1. The van der Waals surface area contributed by atoms with Crippen molar-refractivity contribution in [2.24, 2.45) is 0 Å². The fourth-order valence-corrected chi connectivity index (χ4v) is 1.67. The van der Waals surface area contributed by atoms with Gasteiger partial charge < -0.3 is 4.90 Å². The average Bonchev–Trinajstić information content (AvgIpc) is 2.38. The molecule has 0 aliphatic carbocycles. The maximum Gasteiger partial charge on any atom is 0.288 e. The van der Waals surface area contributed by atoms with Gasteiger partial charge in [0.2, 0.25) is 0 Å². The minimum atomic E-state index is -0.633. The Morgan fingerprint density at radius 3 is 2.89 bits per heavy atom. The summed E-state index contributed by atoms with van der Waals surface area (Å²) in [6, 6.07) is 1.11. The fraction of sp³-hybridized carbons (Fsp3) is 0.333. The number of hydrogen-bond acceptors (Lipinski definition) is 4. The number of nitrogens with zero attached hydrogens (tertiary/aromatic N) is 3. The predicted molar refractivity (Wildman–Crippen MR) is 70.9 cm³/mol. The Morgan fingerprint density at radius 2 is 2.37 bits per heavy atom. The molecule has 0 saturated heterocycles. The summed E-state index contributed by atoms with van der Waals surface area (Å²) in [5, 5.41) is 10.6.